The van der Waals surface area contributed by atoms with E-state index < -0.39 is 0 Å². The number of aryl methyl sites for hydroxylation is 2. The van der Waals surface area contributed by atoms with Crippen molar-refractivity contribution in [2.24, 2.45) is 7.05 Å². The smallest absolute Gasteiger partial charge is 0.259 e. The van der Waals surface area contributed by atoms with Crippen molar-refractivity contribution in [2.75, 3.05) is 5.32 Å². The molecule has 0 saturated carbocycles. The Bertz CT molecular complexity index is 880. The number of aromatic nitrogens is 4. The van der Waals surface area contributed by atoms with Crippen molar-refractivity contribution in [3.63, 3.8) is 0 Å². The van der Waals surface area contributed by atoms with Gasteiger partial charge in [0.1, 0.15) is 0 Å². The Hall–Kier alpha value is -2.31. The van der Waals surface area contributed by atoms with Crippen LogP contribution in [0.15, 0.2) is 36.8 Å². The van der Waals surface area contributed by atoms with Crippen molar-refractivity contribution in [1.29, 1.82) is 0 Å². The molecule has 0 fully saturated rings. The molecule has 1 amide bonds. The van der Waals surface area contributed by atoms with E-state index in [2.05, 4.69) is 15.5 Å². The summed E-state index contributed by atoms with van der Waals surface area (Å²) in [6, 6.07) is 5.35. The van der Waals surface area contributed by atoms with E-state index in [0.717, 1.165) is 5.56 Å². The van der Waals surface area contributed by atoms with E-state index in [0.29, 0.717) is 33.5 Å². The minimum Gasteiger partial charge on any atom is -0.319 e. The molecule has 2 heterocycles. The van der Waals surface area contributed by atoms with Crippen LogP contribution in [-0.4, -0.2) is 25.5 Å². The summed E-state index contributed by atoms with van der Waals surface area (Å²) in [7, 11) is 1.77. The lowest BCUT2D eigenvalue weighted by Crippen LogP contribution is -2.12. The van der Waals surface area contributed by atoms with Crippen molar-refractivity contribution < 1.29 is 4.79 Å². The van der Waals surface area contributed by atoms with Gasteiger partial charge in [0, 0.05) is 35.1 Å². The molecule has 1 N–H and O–H groups in total. The summed E-state index contributed by atoms with van der Waals surface area (Å²) in [5.41, 5.74) is 2.57. The zero-order chi connectivity index (χ0) is 17.3. The fourth-order valence-electron chi connectivity index (χ4n) is 2.38. The maximum absolute atomic E-state index is 12.3. The first kappa shape index (κ1) is 16.5. The molecule has 0 aliphatic rings. The molecular weight excluding hydrogens is 349 g/mol. The molecule has 0 aliphatic heterocycles. The van der Waals surface area contributed by atoms with Crippen LogP contribution in [-0.2, 0) is 13.6 Å². The Morgan fingerprint density at radius 3 is 2.58 bits per heavy atom. The second-order valence-corrected chi connectivity index (χ2v) is 6.20. The Kier molecular flexibility index (Phi) is 4.59. The summed E-state index contributed by atoms with van der Waals surface area (Å²) in [6.45, 7) is 2.21. The van der Waals surface area contributed by atoms with Gasteiger partial charge < -0.3 is 5.32 Å². The van der Waals surface area contributed by atoms with Crippen LogP contribution < -0.4 is 5.32 Å². The normalized spacial score (nSPS) is 10.8. The Labute approximate surface area is 149 Å². The fraction of sp³-hybridized carbons (Fsp3) is 0.188. The summed E-state index contributed by atoms with van der Waals surface area (Å²) < 4.78 is 3.27. The highest BCUT2D eigenvalue weighted by Gasteiger charge is 2.14. The molecule has 2 aromatic heterocycles. The predicted octanol–water partition coefficient (Wildman–Crippen LogP) is 3.53. The van der Waals surface area contributed by atoms with Crippen molar-refractivity contribution in [2.45, 2.75) is 13.5 Å². The highest BCUT2D eigenvalue weighted by atomic mass is 35.5. The number of halogens is 2. The molecule has 0 bridgehead atoms. The lowest BCUT2D eigenvalue weighted by atomic mass is 10.2. The van der Waals surface area contributed by atoms with Crippen LogP contribution in [0.2, 0.25) is 10.0 Å². The van der Waals surface area contributed by atoms with Gasteiger partial charge in [-0.3, -0.25) is 14.2 Å². The maximum Gasteiger partial charge on any atom is 0.259 e. The molecule has 0 radical (unpaired) electrons. The van der Waals surface area contributed by atoms with Crippen LogP contribution in [0.25, 0.3) is 0 Å². The first-order valence-electron chi connectivity index (χ1n) is 7.21. The third-order valence-electron chi connectivity index (χ3n) is 3.53. The fourth-order valence-corrected chi connectivity index (χ4v) is 2.90. The summed E-state index contributed by atoms with van der Waals surface area (Å²) in [5.74, 6) is -0.226. The van der Waals surface area contributed by atoms with Crippen LogP contribution in [0.1, 0.15) is 21.6 Å². The summed E-state index contributed by atoms with van der Waals surface area (Å²) in [5, 5.41) is 12.4. The number of carbonyl (C=O) groups is 1. The van der Waals surface area contributed by atoms with Gasteiger partial charge in [0.2, 0.25) is 0 Å². The number of hydrogen-bond donors (Lipinski definition) is 1. The molecule has 3 rings (SSSR count). The van der Waals surface area contributed by atoms with Gasteiger partial charge in [0.05, 0.1) is 29.7 Å². The van der Waals surface area contributed by atoms with Crippen LogP contribution in [0, 0.1) is 6.92 Å². The van der Waals surface area contributed by atoms with Crippen LogP contribution in [0.4, 0.5) is 5.69 Å². The molecule has 0 aliphatic carbocycles. The van der Waals surface area contributed by atoms with Gasteiger partial charge in [-0.05, 0) is 19.1 Å². The molecule has 0 atom stereocenters. The highest BCUT2D eigenvalue weighted by Crippen LogP contribution is 2.25. The van der Waals surface area contributed by atoms with Crippen LogP contribution in [0.3, 0.4) is 0 Å². The minimum atomic E-state index is -0.226. The highest BCUT2D eigenvalue weighted by molar-refractivity contribution is 6.35. The first-order chi connectivity index (χ1) is 11.4. The second-order valence-electron chi connectivity index (χ2n) is 5.38. The molecule has 24 heavy (non-hydrogen) atoms. The van der Waals surface area contributed by atoms with Gasteiger partial charge in [0.25, 0.3) is 5.91 Å². The number of nitrogens with one attached hydrogen (secondary N) is 1. The van der Waals surface area contributed by atoms with Gasteiger partial charge >= 0.3 is 0 Å². The molecular formula is C16H15Cl2N5O. The van der Waals surface area contributed by atoms with E-state index in [1.807, 2.05) is 0 Å². The molecule has 0 unspecified atom stereocenters. The van der Waals surface area contributed by atoms with E-state index in [1.165, 1.54) is 0 Å². The lowest BCUT2D eigenvalue weighted by Gasteiger charge is -2.06. The van der Waals surface area contributed by atoms with E-state index in [4.69, 9.17) is 23.2 Å². The lowest BCUT2D eigenvalue weighted by molar-refractivity contribution is 0.102. The molecule has 3 aromatic rings. The van der Waals surface area contributed by atoms with E-state index in [1.54, 1.807) is 60.1 Å². The molecule has 124 valence electrons. The van der Waals surface area contributed by atoms with E-state index in [9.17, 15) is 4.79 Å². The summed E-state index contributed by atoms with van der Waals surface area (Å²) in [4.78, 5) is 12.3. The number of rotatable bonds is 4. The standard InChI is InChI=1S/C16H15Cl2N5O/c1-10-12(8-22(2)21-10)16(24)20-11-6-19-23(7-11)9-13-14(17)4-3-5-15(13)18/h3-8H,9H2,1-2H3,(H,20,24). The average Bonchev–Trinajstić information content (AvgIpc) is 3.09. The van der Waals surface area contributed by atoms with Gasteiger partial charge in [0.15, 0.2) is 0 Å². The Morgan fingerprint density at radius 2 is 1.96 bits per heavy atom. The minimum absolute atomic E-state index is 0.226. The zero-order valence-corrected chi connectivity index (χ0v) is 14.6. The van der Waals surface area contributed by atoms with Crippen molar-refractivity contribution in [3.05, 3.63) is 63.7 Å². The van der Waals surface area contributed by atoms with Gasteiger partial charge in [-0.1, -0.05) is 29.3 Å². The zero-order valence-electron chi connectivity index (χ0n) is 13.1. The molecule has 6 nitrogen and oxygen atoms in total. The summed E-state index contributed by atoms with van der Waals surface area (Å²) in [6.07, 6.45) is 4.98. The SMILES string of the molecule is Cc1nn(C)cc1C(=O)Nc1cnn(Cc2c(Cl)cccc2Cl)c1. The maximum atomic E-state index is 12.3. The van der Waals surface area contributed by atoms with Gasteiger partial charge in [-0.15, -0.1) is 0 Å². The van der Waals surface area contributed by atoms with Crippen LogP contribution in [0.5, 0.6) is 0 Å². The number of amides is 1. The molecule has 8 heteroatoms. The summed E-state index contributed by atoms with van der Waals surface area (Å²) >= 11 is 12.3. The molecule has 1 aromatic carbocycles. The van der Waals surface area contributed by atoms with E-state index >= 15 is 0 Å². The number of nitrogens with zero attached hydrogens (tertiary/aromatic N) is 4. The second kappa shape index (κ2) is 6.67. The van der Waals surface area contributed by atoms with Crippen molar-refractivity contribution in [3.8, 4) is 0 Å². The predicted molar refractivity (Wildman–Crippen MR) is 93.7 cm³/mol. The first-order valence-corrected chi connectivity index (χ1v) is 7.96. The quantitative estimate of drug-likeness (QED) is 0.770. The number of hydrogen-bond acceptors (Lipinski definition) is 3. The number of benzene rings is 1. The Morgan fingerprint density at radius 1 is 1.25 bits per heavy atom. The Balaban J connectivity index is 1.74. The number of carbonyl (C=O) groups excluding carboxylic acids is 1. The average molecular weight is 364 g/mol. The van der Waals surface area contributed by atoms with Crippen molar-refractivity contribution in [1.82, 2.24) is 19.6 Å². The van der Waals surface area contributed by atoms with Crippen LogP contribution >= 0.6 is 23.2 Å². The van der Waals surface area contributed by atoms with E-state index in [-0.39, 0.29) is 5.91 Å². The monoisotopic (exact) mass is 363 g/mol. The number of anilines is 1. The molecule has 0 saturated heterocycles. The largest absolute Gasteiger partial charge is 0.319 e. The molecule has 0 spiro atoms. The topological polar surface area (TPSA) is 64.7 Å². The van der Waals surface area contributed by atoms with Crippen molar-refractivity contribution >= 4 is 34.8 Å². The van der Waals surface area contributed by atoms with Gasteiger partial charge in [-0.25, -0.2) is 0 Å². The van der Waals surface area contributed by atoms with Gasteiger partial charge in [-0.2, -0.15) is 10.2 Å². The third-order valence-corrected chi connectivity index (χ3v) is 4.24. The third kappa shape index (κ3) is 3.44.